The van der Waals surface area contributed by atoms with Gasteiger partial charge in [-0.3, -0.25) is 9.59 Å². The van der Waals surface area contributed by atoms with Crippen molar-refractivity contribution in [1.29, 1.82) is 0 Å². The molecule has 0 saturated carbocycles. The molecule has 0 unspecified atom stereocenters. The Morgan fingerprint density at radius 2 is 1.85 bits per heavy atom. The van der Waals surface area contributed by atoms with Crippen molar-refractivity contribution in [2.45, 2.75) is 40.2 Å². The van der Waals surface area contributed by atoms with E-state index in [-0.39, 0.29) is 23.1 Å². The molecule has 1 aliphatic rings. The zero-order chi connectivity index (χ0) is 10.2. The normalized spacial score (nSPS) is 26.2. The number of amides is 1. The Balaban J connectivity index is 2.83. The Hall–Kier alpha value is -0.860. The highest BCUT2D eigenvalue weighted by molar-refractivity contribution is 5.87. The molecule has 1 aliphatic heterocycles. The van der Waals surface area contributed by atoms with Crippen LogP contribution in [0.5, 0.6) is 0 Å². The van der Waals surface area contributed by atoms with Gasteiger partial charge in [-0.25, -0.2) is 0 Å². The number of hydrogen-bond acceptors (Lipinski definition) is 2. The average molecular weight is 183 g/mol. The molecule has 1 heterocycles. The van der Waals surface area contributed by atoms with E-state index in [2.05, 4.69) is 13.8 Å². The minimum atomic E-state index is -0.188. The molecule has 0 aromatic rings. The summed E-state index contributed by atoms with van der Waals surface area (Å²) in [7, 11) is 0. The van der Waals surface area contributed by atoms with E-state index in [1.54, 1.807) is 11.8 Å². The number of carbonyl (C=O) groups is 2. The van der Waals surface area contributed by atoms with Gasteiger partial charge in [0, 0.05) is 13.5 Å². The fourth-order valence-corrected chi connectivity index (χ4v) is 1.96. The van der Waals surface area contributed by atoms with Gasteiger partial charge in [-0.15, -0.1) is 0 Å². The van der Waals surface area contributed by atoms with Gasteiger partial charge in [0.15, 0.2) is 5.78 Å². The molecule has 1 amide bonds. The quantitative estimate of drug-likeness (QED) is 0.613. The maximum absolute atomic E-state index is 11.3. The van der Waals surface area contributed by atoms with Gasteiger partial charge in [0.25, 0.3) is 0 Å². The minimum absolute atomic E-state index is 0.00535. The van der Waals surface area contributed by atoms with Crippen LogP contribution in [-0.4, -0.2) is 29.2 Å². The summed E-state index contributed by atoms with van der Waals surface area (Å²) in [6, 6.07) is -0.188. The standard InChI is InChI=1S/C10H17NO2/c1-7(12)9-5-10(3,4)6-11(9)8(2)13/h9H,5-6H2,1-4H3/t9-/m0/s1. The Morgan fingerprint density at radius 3 is 2.15 bits per heavy atom. The van der Waals surface area contributed by atoms with Crippen LogP contribution >= 0.6 is 0 Å². The summed E-state index contributed by atoms with van der Waals surface area (Å²) < 4.78 is 0. The Morgan fingerprint density at radius 1 is 1.31 bits per heavy atom. The molecule has 0 spiro atoms. The van der Waals surface area contributed by atoms with Crippen LogP contribution in [0.2, 0.25) is 0 Å². The number of carbonyl (C=O) groups excluding carboxylic acids is 2. The summed E-state index contributed by atoms with van der Waals surface area (Å²) in [5.41, 5.74) is 0.0853. The highest BCUT2D eigenvalue weighted by Gasteiger charge is 2.40. The van der Waals surface area contributed by atoms with Gasteiger partial charge in [-0.1, -0.05) is 13.8 Å². The second-order valence-corrected chi connectivity index (χ2v) is 4.64. The molecule has 0 bridgehead atoms. The minimum Gasteiger partial charge on any atom is -0.332 e. The molecule has 0 aliphatic carbocycles. The molecule has 0 aromatic heterocycles. The second-order valence-electron chi connectivity index (χ2n) is 4.64. The van der Waals surface area contributed by atoms with E-state index in [1.165, 1.54) is 6.92 Å². The van der Waals surface area contributed by atoms with Gasteiger partial charge in [-0.05, 0) is 18.8 Å². The molecule has 1 fully saturated rings. The summed E-state index contributed by atoms with van der Waals surface area (Å²) in [6.07, 6.45) is 0.794. The van der Waals surface area contributed by atoms with E-state index in [0.717, 1.165) is 6.42 Å². The zero-order valence-corrected chi connectivity index (χ0v) is 8.76. The first-order valence-electron chi connectivity index (χ1n) is 4.61. The third-order valence-electron chi connectivity index (χ3n) is 2.59. The van der Waals surface area contributed by atoms with Crippen LogP contribution in [0, 0.1) is 5.41 Å². The van der Waals surface area contributed by atoms with Crippen LogP contribution in [0.4, 0.5) is 0 Å². The van der Waals surface area contributed by atoms with Gasteiger partial charge >= 0.3 is 0 Å². The van der Waals surface area contributed by atoms with Crippen LogP contribution in [0.25, 0.3) is 0 Å². The third-order valence-corrected chi connectivity index (χ3v) is 2.59. The summed E-state index contributed by atoms with van der Waals surface area (Å²) >= 11 is 0. The fraction of sp³-hybridized carbons (Fsp3) is 0.800. The molecule has 3 heteroatoms. The van der Waals surface area contributed by atoms with Gasteiger partial charge in [0.1, 0.15) is 0 Å². The van der Waals surface area contributed by atoms with E-state index in [4.69, 9.17) is 0 Å². The molecule has 13 heavy (non-hydrogen) atoms. The number of rotatable bonds is 1. The van der Waals surface area contributed by atoms with Crippen molar-refractivity contribution < 1.29 is 9.59 Å². The number of Topliss-reactive ketones (excluding diaryl/α,β-unsaturated/α-hetero) is 1. The van der Waals surface area contributed by atoms with Crippen LogP contribution in [0.15, 0.2) is 0 Å². The van der Waals surface area contributed by atoms with Gasteiger partial charge in [-0.2, -0.15) is 0 Å². The van der Waals surface area contributed by atoms with Crippen LogP contribution in [0.3, 0.4) is 0 Å². The predicted octanol–water partition coefficient (Wildman–Crippen LogP) is 1.22. The topological polar surface area (TPSA) is 37.4 Å². The first kappa shape index (κ1) is 10.2. The molecule has 0 N–H and O–H groups in total. The van der Waals surface area contributed by atoms with Crippen molar-refractivity contribution in [3.05, 3.63) is 0 Å². The van der Waals surface area contributed by atoms with Crippen LogP contribution < -0.4 is 0 Å². The highest BCUT2D eigenvalue weighted by Crippen LogP contribution is 2.34. The molecule has 1 atom stereocenters. The largest absolute Gasteiger partial charge is 0.332 e. The lowest BCUT2D eigenvalue weighted by atomic mass is 9.90. The lowest BCUT2D eigenvalue weighted by Gasteiger charge is -2.21. The Labute approximate surface area is 79.1 Å². The van der Waals surface area contributed by atoms with Crippen molar-refractivity contribution in [2.75, 3.05) is 6.54 Å². The highest BCUT2D eigenvalue weighted by atomic mass is 16.2. The summed E-state index contributed by atoms with van der Waals surface area (Å²) in [6.45, 7) is 7.96. The maximum Gasteiger partial charge on any atom is 0.220 e. The van der Waals surface area contributed by atoms with Crippen molar-refractivity contribution >= 4 is 11.7 Å². The van der Waals surface area contributed by atoms with E-state index in [0.29, 0.717) is 6.54 Å². The summed E-state index contributed by atoms with van der Waals surface area (Å²) in [5, 5.41) is 0. The van der Waals surface area contributed by atoms with E-state index in [1.807, 2.05) is 0 Å². The summed E-state index contributed by atoms with van der Waals surface area (Å²) in [4.78, 5) is 24.2. The van der Waals surface area contributed by atoms with Crippen molar-refractivity contribution in [3.8, 4) is 0 Å². The first-order chi connectivity index (χ1) is 5.83. The van der Waals surface area contributed by atoms with E-state index >= 15 is 0 Å². The van der Waals surface area contributed by atoms with Gasteiger partial charge in [0.2, 0.25) is 5.91 Å². The summed E-state index contributed by atoms with van der Waals surface area (Å²) in [5.74, 6) is 0.103. The predicted molar refractivity (Wildman–Crippen MR) is 50.3 cm³/mol. The maximum atomic E-state index is 11.3. The number of hydrogen-bond donors (Lipinski definition) is 0. The van der Waals surface area contributed by atoms with Crippen LogP contribution in [-0.2, 0) is 9.59 Å². The van der Waals surface area contributed by atoms with Crippen molar-refractivity contribution in [2.24, 2.45) is 5.41 Å². The molecule has 0 aromatic carbocycles. The molecule has 1 rings (SSSR count). The van der Waals surface area contributed by atoms with Gasteiger partial charge in [0.05, 0.1) is 6.04 Å². The molecule has 1 saturated heterocycles. The van der Waals surface area contributed by atoms with Crippen LogP contribution in [0.1, 0.15) is 34.1 Å². The first-order valence-corrected chi connectivity index (χ1v) is 4.61. The van der Waals surface area contributed by atoms with E-state index < -0.39 is 0 Å². The number of ketones is 1. The average Bonchev–Trinajstić information content (AvgIpc) is 2.26. The molecule has 74 valence electrons. The monoisotopic (exact) mass is 183 g/mol. The third kappa shape index (κ3) is 2.08. The lowest BCUT2D eigenvalue weighted by Crippen LogP contribution is -2.38. The Bertz CT molecular complexity index is 221. The molecule has 0 radical (unpaired) electrons. The Kier molecular flexibility index (Phi) is 2.46. The number of likely N-dealkylation sites (tertiary alicyclic amines) is 1. The van der Waals surface area contributed by atoms with Crippen molar-refractivity contribution in [1.82, 2.24) is 4.90 Å². The molecule has 3 nitrogen and oxygen atoms in total. The molecular weight excluding hydrogens is 166 g/mol. The number of nitrogens with zero attached hydrogens (tertiary/aromatic N) is 1. The lowest BCUT2D eigenvalue weighted by molar-refractivity contribution is -0.135. The zero-order valence-electron chi connectivity index (χ0n) is 8.76. The SMILES string of the molecule is CC(=O)[C@@H]1CC(C)(C)CN1C(C)=O. The van der Waals surface area contributed by atoms with Crippen molar-refractivity contribution in [3.63, 3.8) is 0 Å². The van der Waals surface area contributed by atoms with Gasteiger partial charge < -0.3 is 4.90 Å². The molecular formula is C10H17NO2. The smallest absolute Gasteiger partial charge is 0.220 e. The fourth-order valence-electron chi connectivity index (χ4n) is 1.96. The van der Waals surface area contributed by atoms with E-state index in [9.17, 15) is 9.59 Å². The second kappa shape index (κ2) is 3.13.